The molecule has 3 amide bonds. The Bertz CT molecular complexity index is 1050. The smallest absolute Gasteiger partial charge is 0.338 e. The molecule has 1 atom stereocenters. The first-order chi connectivity index (χ1) is 14.5. The predicted molar refractivity (Wildman–Crippen MR) is 109 cm³/mol. The van der Waals surface area contributed by atoms with Gasteiger partial charge in [0.1, 0.15) is 18.9 Å². The molecule has 9 heteroatoms. The van der Waals surface area contributed by atoms with Crippen LogP contribution in [0.2, 0.25) is 5.02 Å². The summed E-state index contributed by atoms with van der Waals surface area (Å²) < 4.78 is 10.2. The number of carbonyl (C=O) groups excluding carboxylic acids is 3. The number of rotatable bonds is 5. The molecule has 30 heavy (non-hydrogen) atoms. The number of cyclic esters (lactones) is 1. The summed E-state index contributed by atoms with van der Waals surface area (Å²) in [5.41, 5.74) is 1.89. The lowest BCUT2D eigenvalue weighted by atomic mass is 9.96. The fraction of sp³-hybridized carbons (Fsp3) is 0.190. The Morgan fingerprint density at radius 2 is 2.03 bits per heavy atom. The van der Waals surface area contributed by atoms with Crippen LogP contribution in [0.25, 0.3) is 0 Å². The summed E-state index contributed by atoms with van der Waals surface area (Å²) in [5, 5.41) is 5.97. The van der Waals surface area contributed by atoms with Crippen molar-refractivity contribution in [2.45, 2.75) is 6.04 Å². The van der Waals surface area contributed by atoms with Gasteiger partial charge in [-0.15, -0.1) is 0 Å². The number of urea groups is 1. The lowest BCUT2D eigenvalue weighted by Gasteiger charge is -2.32. The summed E-state index contributed by atoms with van der Waals surface area (Å²) in [6.07, 6.45) is 0. The van der Waals surface area contributed by atoms with Crippen LogP contribution in [-0.2, 0) is 14.3 Å². The molecule has 0 fully saturated rings. The summed E-state index contributed by atoms with van der Waals surface area (Å²) in [5.74, 6) is -0.287. The molecule has 8 nitrogen and oxygen atoms in total. The number of carbonyl (C=O) groups is 3. The van der Waals surface area contributed by atoms with E-state index in [0.29, 0.717) is 33.3 Å². The molecule has 0 unspecified atom stereocenters. The molecule has 0 saturated heterocycles. The zero-order valence-corrected chi connectivity index (χ0v) is 16.7. The molecule has 2 aromatic rings. The number of benzene rings is 2. The first-order valence-electron chi connectivity index (χ1n) is 9.14. The molecule has 0 bridgehead atoms. The molecule has 2 N–H and O–H groups in total. The molecule has 2 aromatic carbocycles. The third-order valence-electron chi connectivity index (χ3n) is 4.86. The molecule has 0 aliphatic carbocycles. The van der Waals surface area contributed by atoms with Gasteiger partial charge in [0.15, 0.2) is 0 Å². The molecule has 4 rings (SSSR count). The topological polar surface area (TPSA) is 97.0 Å². The molecule has 2 aliphatic rings. The SMILES string of the molecule is COc1ccc(NC(=O)CN2C(=O)N[C@H](c3cccc(Cl)c3)C3=C2COC3=O)cc1. The van der Waals surface area contributed by atoms with E-state index in [1.165, 1.54) is 4.90 Å². The van der Waals surface area contributed by atoms with Gasteiger partial charge in [-0.05, 0) is 42.0 Å². The maximum absolute atomic E-state index is 12.8. The lowest BCUT2D eigenvalue weighted by molar-refractivity contribution is -0.136. The summed E-state index contributed by atoms with van der Waals surface area (Å²) in [6.45, 7) is -0.343. The van der Waals surface area contributed by atoms with E-state index >= 15 is 0 Å². The minimum Gasteiger partial charge on any atom is -0.497 e. The summed E-state index contributed by atoms with van der Waals surface area (Å²) in [4.78, 5) is 38.9. The van der Waals surface area contributed by atoms with Gasteiger partial charge in [0.05, 0.1) is 24.4 Å². The number of esters is 1. The van der Waals surface area contributed by atoms with Gasteiger partial charge in [-0.3, -0.25) is 9.69 Å². The van der Waals surface area contributed by atoms with Crippen molar-refractivity contribution in [1.29, 1.82) is 0 Å². The van der Waals surface area contributed by atoms with Crippen LogP contribution in [0, 0.1) is 0 Å². The van der Waals surface area contributed by atoms with Crippen molar-refractivity contribution < 1.29 is 23.9 Å². The number of halogens is 1. The summed E-state index contributed by atoms with van der Waals surface area (Å²) >= 11 is 6.06. The number of nitrogens with zero attached hydrogens (tertiary/aromatic N) is 1. The van der Waals surface area contributed by atoms with E-state index in [4.69, 9.17) is 21.1 Å². The number of amides is 3. The average Bonchev–Trinajstić information content (AvgIpc) is 3.12. The highest BCUT2D eigenvalue weighted by molar-refractivity contribution is 6.30. The molecule has 0 aromatic heterocycles. The van der Waals surface area contributed by atoms with E-state index in [-0.39, 0.29) is 13.2 Å². The fourth-order valence-electron chi connectivity index (χ4n) is 3.43. The van der Waals surface area contributed by atoms with Crippen LogP contribution in [0.3, 0.4) is 0 Å². The number of ether oxygens (including phenoxy) is 2. The second kappa shape index (κ2) is 8.08. The second-order valence-corrected chi connectivity index (χ2v) is 7.17. The van der Waals surface area contributed by atoms with E-state index in [1.54, 1.807) is 55.6 Å². The quantitative estimate of drug-likeness (QED) is 0.715. The Labute approximate surface area is 177 Å². The monoisotopic (exact) mass is 427 g/mol. The highest BCUT2D eigenvalue weighted by Crippen LogP contribution is 2.35. The van der Waals surface area contributed by atoms with Gasteiger partial charge in [-0.1, -0.05) is 23.7 Å². The van der Waals surface area contributed by atoms with Crippen LogP contribution < -0.4 is 15.4 Å². The molecular weight excluding hydrogens is 410 g/mol. The van der Waals surface area contributed by atoms with Crippen molar-refractivity contribution in [3.63, 3.8) is 0 Å². The predicted octanol–water partition coefficient (Wildman–Crippen LogP) is 2.86. The van der Waals surface area contributed by atoms with Crippen molar-refractivity contribution in [2.75, 3.05) is 25.6 Å². The minimum atomic E-state index is -0.693. The Balaban J connectivity index is 1.56. The molecule has 2 heterocycles. The van der Waals surface area contributed by atoms with E-state index < -0.39 is 23.9 Å². The van der Waals surface area contributed by atoms with Crippen molar-refractivity contribution in [3.8, 4) is 5.75 Å². The minimum absolute atomic E-state index is 0.0749. The van der Waals surface area contributed by atoms with E-state index in [0.717, 1.165) is 0 Å². The number of hydrogen-bond acceptors (Lipinski definition) is 5. The maximum atomic E-state index is 12.8. The molecule has 0 radical (unpaired) electrons. The zero-order valence-electron chi connectivity index (χ0n) is 16.0. The van der Waals surface area contributed by atoms with Crippen LogP contribution in [0.15, 0.2) is 59.8 Å². The largest absolute Gasteiger partial charge is 0.497 e. The van der Waals surface area contributed by atoms with Gasteiger partial charge in [0.2, 0.25) is 5.91 Å². The van der Waals surface area contributed by atoms with E-state index in [2.05, 4.69) is 10.6 Å². The van der Waals surface area contributed by atoms with Crippen molar-refractivity contribution in [1.82, 2.24) is 10.2 Å². The van der Waals surface area contributed by atoms with Gasteiger partial charge >= 0.3 is 12.0 Å². The van der Waals surface area contributed by atoms with Crippen molar-refractivity contribution in [3.05, 3.63) is 70.4 Å². The van der Waals surface area contributed by atoms with Gasteiger partial charge in [0, 0.05) is 10.7 Å². The van der Waals surface area contributed by atoms with Gasteiger partial charge in [-0.25, -0.2) is 9.59 Å². The Morgan fingerprint density at radius 1 is 1.27 bits per heavy atom. The second-order valence-electron chi connectivity index (χ2n) is 6.74. The first-order valence-corrected chi connectivity index (χ1v) is 9.51. The van der Waals surface area contributed by atoms with Crippen LogP contribution in [-0.4, -0.2) is 43.1 Å². The van der Waals surface area contributed by atoms with Gasteiger partial charge in [-0.2, -0.15) is 0 Å². The Kier molecular flexibility index (Phi) is 5.33. The number of hydrogen-bond donors (Lipinski definition) is 2. The number of methoxy groups -OCH3 is 1. The molecule has 154 valence electrons. The van der Waals surface area contributed by atoms with E-state index in [9.17, 15) is 14.4 Å². The van der Waals surface area contributed by atoms with Crippen molar-refractivity contribution in [2.24, 2.45) is 0 Å². The third-order valence-corrected chi connectivity index (χ3v) is 5.09. The zero-order chi connectivity index (χ0) is 21.3. The fourth-order valence-corrected chi connectivity index (χ4v) is 3.63. The summed E-state index contributed by atoms with van der Waals surface area (Å²) in [6, 6.07) is 12.5. The molecule has 2 aliphatic heterocycles. The highest BCUT2D eigenvalue weighted by atomic mass is 35.5. The van der Waals surface area contributed by atoms with Crippen LogP contribution in [0.5, 0.6) is 5.75 Å². The Hall–Kier alpha value is -3.52. The third kappa shape index (κ3) is 3.81. The Morgan fingerprint density at radius 3 is 2.73 bits per heavy atom. The highest BCUT2D eigenvalue weighted by Gasteiger charge is 2.42. The number of anilines is 1. The maximum Gasteiger partial charge on any atom is 0.338 e. The standard InChI is InChI=1S/C21H18ClN3O5/c1-29-15-7-5-14(6-8-15)23-17(26)10-25-16-11-30-20(27)18(16)19(24-21(25)28)12-3-2-4-13(22)9-12/h2-9,19H,10-11H2,1H3,(H,23,26)(H,24,28)/t19-/m1/s1. The van der Waals surface area contributed by atoms with Crippen LogP contribution >= 0.6 is 11.6 Å². The number of nitrogens with one attached hydrogen (secondary N) is 2. The average molecular weight is 428 g/mol. The summed E-state index contributed by atoms with van der Waals surface area (Å²) in [7, 11) is 1.55. The van der Waals surface area contributed by atoms with Crippen molar-refractivity contribution >= 4 is 35.2 Å². The van der Waals surface area contributed by atoms with Crippen LogP contribution in [0.1, 0.15) is 11.6 Å². The molecule has 0 saturated carbocycles. The van der Waals surface area contributed by atoms with Gasteiger partial charge in [0.25, 0.3) is 0 Å². The lowest BCUT2D eigenvalue weighted by Crippen LogP contribution is -2.49. The van der Waals surface area contributed by atoms with E-state index in [1.807, 2.05) is 0 Å². The molecular formula is C21H18ClN3O5. The normalized spacial score (nSPS) is 17.9. The molecule has 0 spiro atoms. The van der Waals surface area contributed by atoms with Crippen LogP contribution in [0.4, 0.5) is 10.5 Å². The van der Waals surface area contributed by atoms with Gasteiger partial charge < -0.3 is 20.1 Å². The first kappa shape index (κ1) is 19.8.